The lowest BCUT2D eigenvalue weighted by Crippen LogP contribution is -2.30. The number of anilines is 1. The summed E-state index contributed by atoms with van der Waals surface area (Å²) in [6.45, 7) is 1.60. The maximum absolute atomic E-state index is 12.0. The van der Waals surface area contributed by atoms with Crippen molar-refractivity contribution in [3.8, 4) is 5.75 Å². The predicted molar refractivity (Wildman–Crippen MR) is 83.3 cm³/mol. The Kier molecular flexibility index (Phi) is 4.95. The van der Waals surface area contributed by atoms with Crippen LogP contribution in [-0.2, 0) is 4.79 Å². The number of ether oxygens (including phenoxy) is 1. The van der Waals surface area contributed by atoms with E-state index in [9.17, 15) is 14.9 Å². The Bertz CT molecular complexity index is 688. The van der Waals surface area contributed by atoms with Gasteiger partial charge in [-0.2, -0.15) is 0 Å². The van der Waals surface area contributed by atoms with Gasteiger partial charge in [0.25, 0.3) is 11.6 Å². The number of nitrogens with one attached hydrogen (secondary N) is 1. The summed E-state index contributed by atoms with van der Waals surface area (Å²) in [5.41, 5.74) is 0.415. The monoisotopic (exact) mass is 320 g/mol. The predicted octanol–water partition coefficient (Wildman–Crippen LogP) is 3.65. The molecule has 22 heavy (non-hydrogen) atoms. The number of nitro groups is 1. The van der Waals surface area contributed by atoms with Gasteiger partial charge in [0.1, 0.15) is 5.75 Å². The summed E-state index contributed by atoms with van der Waals surface area (Å²) in [6.07, 6.45) is -0.742. The van der Waals surface area contributed by atoms with Crippen molar-refractivity contribution in [2.45, 2.75) is 13.0 Å². The molecule has 2 aromatic rings. The molecule has 0 spiro atoms. The lowest BCUT2D eigenvalue weighted by atomic mass is 10.2. The minimum absolute atomic E-state index is 0.0405. The summed E-state index contributed by atoms with van der Waals surface area (Å²) in [6, 6.07) is 12.3. The van der Waals surface area contributed by atoms with Gasteiger partial charge in [-0.1, -0.05) is 17.7 Å². The Hall–Kier alpha value is -2.60. The molecule has 0 aliphatic rings. The first-order valence-electron chi connectivity index (χ1n) is 6.43. The molecule has 1 N–H and O–H groups in total. The number of nitro benzene ring substituents is 1. The van der Waals surface area contributed by atoms with Crippen LogP contribution in [0.5, 0.6) is 5.75 Å². The van der Waals surface area contributed by atoms with E-state index in [0.29, 0.717) is 16.5 Å². The zero-order valence-corrected chi connectivity index (χ0v) is 12.4. The highest BCUT2D eigenvalue weighted by atomic mass is 35.5. The topological polar surface area (TPSA) is 81.5 Å². The molecular formula is C15H13ClN2O4. The third kappa shape index (κ3) is 4.20. The largest absolute Gasteiger partial charge is 0.481 e. The molecule has 2 rings (SSSR count). The van der Waals surface area contributed by atoms with Crippen LogP contribution >= 0.6 is 11.6 Å². The van der Waals surface area contributed by atoms with Crippen molar-refractivity contribution in [3.63, 3.8) is 0 Å². The average Bonchev–Trinajstić information content (AvgIpc) is 2.47. The number of halogens is 1. The van der Waals surface area contributed by atoms with E-state index in [1.165, 1.54) is 24.3 Å². The Morgan fingerprint density at radius 3 is 2.55 bits per heavy atom. The second kappa shape index (κ2) is 6.91. The molecular weight excluding hydrogens is 308 g/mol. The first kappa shape index (κ1) is 15.8. The van der Waals surface area contributed by atoms with E-state index in [0.717, 1.165) is 0 Å². The van der Waals surface area contributed by atoms with Gasteiger partial charge >= 0.3 is 0 Å². The Morgan fingerprint density at radius 1 is 1.27 bits per heavy atom. The molecule has 0 aliphatic carbocycles. The van der Waals surface area contributed by atoms with Gasteiger partial charge in [-0.15, -0.1) is 0 Å². The van der Waals surface area contributed by atoms with E-state index in [-0.39, 0.29) is 11.6 Å². The molecule has 0 saturated carbocycles. The molecule has 6 nitrogen and oxygen atoms in total. The van der Waals surface area contributed by atoms with E-state index in [4.69, 9.17) is 16.3 Å². The fourth-order valence-corrected chi connectivity index (χ4v) is 1.89. The van der Waals surface area contributed by atoms with Crippen LogP contribution in [0.4, 0.5) is 11.4 Å². The Balaban J connectivity index is 1.97. The summed E-state index contributed by atoms with van der Waals surface area (Å²) in [7, 11) is 0. The molecule has 0 fully saturated rings. The van der Waals surface area contributed by atoms with Crippen LogP contribution in [0.25, 0.3) is 0 Å². The van der Waals surface area contributed by atoms with Crippen LogP contribution in [0, 0.1) is 10.1 Å². The van der Waals surface area contributed by atoms with Gasteiger partial charge in [-0.3, -0.25) is 14.9 Å². The number of hydrogen-bond donors (Lipinski definition) is 1. The normalized spacial score (nSPS) is 11.5. The molecule has 1 atom stereocenters. The maximum atomic E-state index is 12.0. The highest BCUT2D eigenvalue weighted by Gasteiger charge is 2.15. The van der Waals surface area contributed by atoms with Gasteiger partial charge in [0.2, 0.25) is 0 Å². The average molecular weight is 321 g/mol. The maximum Gasteiger partial charge on any atom is 0.269 e. The van der Waals surface area contributed by atoms with E-state index >= 15 is 0 Å². The number of rotatable bonds is 5. The van der Waals surface area contributed by atoms with Crippen molar-refractivity contribution in [1.82, 2.24) is 0 Å². The van der Waals surface area contributed by atoms with E-state index in [2.05, 4.69) is 5.32 Å². The van der Waals surface area contributed by atoms with E-state index in [1.807, 2.05) is 0 Å². The SMILES string of the molecule is C[C@@H](Oc1cccc(Cl)c1)C(=O)Nc1ccc([N+](=O)[O-])cc1. The second-order valence-electron chi connectivity index (χ2n) is 4.51. The molecule has 2 aromatic carbocycles. The minimum atomic E-state index is -0.742. The first-order chi connectivity index (χ1) is 10.5. The summed E-state index contributed by atoms with van der Waals surface area (Å²) >= 11 is 5.84. The molecule has 114 valence electrons. The number of amides is 1. The first-order valence-corrected chi connectivity index (χ1v) is 6.81. The van der Waals surface area contributed by atoms with E-state index < -0.39 is 11.0 Å². The Labute approximate surface area is 131 Å². The highest BCUT2D eigenvalue weighted by molar-refractivity contribution is 6.30. The van der Waals surface area contributed by atoms with E-state index in [1.54, 1.807) is 31.2 Å². The van der Waals surface area contributed by atoms with Gasteiger partial charge in [-0.25, -0.2) is 0 Å². The fraction of sp³-hybridized carbons (Fsp3) is 0.133. The van der Waals surface area contributed by atoms with Gasteiger partial charge in [0, 0.05) is 22.8 Å². The van der Waals surface area contributed by atoms with Crippen LogP contribution < -0.4 is 10.1 Å². The number of non-ortho nitro benzene ring substituents is 1. The fourth-order valence-electron chi connectivity index (χ4n) is 1.71. The molecule has 0 unspecified atom stereocenters. The molecule has 0 heterocycles. The van der Waals surface area contributed by atoms with Crippen LogP contribution in [0.1, 0.15) is 6.92 Å². The van der Waals surface area contributed by atoms with Crippen LogP contribution in [0.3, 0.4) is 0 Å². The van der Waals surface area contributed by atoms with Crippen LogP contribution in [0.15, 0.2) is 48.5 Å². The summed E-state index contributed by atoms with van der Waals surface area (Å²) in [5.74, 6) is 0.118. The Morgan fingerprint density at radius 2 is 1.95 bits per heavy atom. The molecule has 0 radical (unpaired) electrons. The molecule has 7 heteroatoms. The highest BCUT2D eigenvalue weighted by Crippen LogP contribution is 2.19. The zero-order valence-electron chi connectivity index (χ0n) is 11.7. The van der Waals surface area contributed by atoms with Crippen LogP contribution in [-0.4, -0.2) is 16.9 Å². The summed E-state index contributed by atoms with van der Waals surface area (Å²) < 4.78 is 5.49. The quantitative estimate of drug-likeness (QED) is 0.673. The van der Waals surface area contributed by atoms with Crippen molar-refractivity contribution < 1.29 is 14.5 Å². The van der Waals surface area contributed by atoms with Gasteiger partial charge in [0.05, 0.1) is 4.92 Å². The standard InChI is InChI=1S/C15H13ClN2O4/c1-10(22-14-4-2-3-11(16)9-14)15(19)17-12-5-7-13(8-6-12)18(20)21/h2-10H,1H3,(H,17,19)/t10-/m1/s1. The molecule has 1 amide bonds. The lowest BCUT2D eigenvalue weighted by molar-refractivity contribution is -0.384. The zero-order chi connectivity index (χ0) is 16.1. The number of benzene rings is 2. The van der Waals surface area contributed by atoms with Crippen molar-refractivity contribution in [1.29, 1.82) is 0 Å². The smallest absolute Gasteiger partial charge is 0.269 e. The van der Waals surface area contributed by atoms with Crippen molar-refractivity contribution in [2.24, 2.45) is 0 Å². The van der Waals surface area contributed by atoms with Gasteiger partial charge in [-0.05, 0) is 37.3 Å². The van der Waals surface area contributed by atoms with Crippen molar-refractivity contribution in [3.05, 3.63) is 63.7 Å². The summed E-state index contributed by atoms with van der Waals surface area (Å²) in [5, 5.41) is 13.7. The third-order valence-corrected chi connectivity index (χ3v) is 3.06. The number of hydrogen-bond acceptors (Lipinski definition) is 4. The van der Waals surface area contributed by atoms with Gasteiger partial charge < -0.3 is 10.1 Å². The number of carbonyl (C=O) groups is 1. The van der Waals surface area contributed by atoms with Gasteiger partial charge in [0.15, 0.2) is 6.10 Å². The molecule has 0 aliphatic heterocycles. The number of nitrogens with zero attached hydrogens (tertiary/aromatic N) is 1. The van der Waals surface area contributed by atoms with Crippen molar-refractivity contribution >= 4 is 28.9 Å². The number of carbonyl (C=O) groups excluding carboxylic acids is 1. The molecule has 0 saturated heterocycles. The summed E-state index contributed by atoms with van der Waals surface area (Å²) in [4.78, 5) is 22.1. The van der Waals surface area contributed by atoms with Crippen molar-refractivity contribution in [2.75, 3.05) is 5.32 Å². The molecule has 0 aromatic heterocycles. The van der Waals surface area contributed by atoms with Crippen LogP contribution in [0.2, 0.25) is 5.02 Å². The second-order valence-corrected chi connectivity index (χ2v) is 4.95. The lowest BCUT2D eigenvalue weighted by Gasteiger charge is -2.14. The third-order valence-electron chi connectivity index (χ3n) is 2.82. The molecule has 0 bridgehead atoms. The minimum Gasteiger partial charge on any atom is -0.481 e.